The molecule has 0 aliphatic carbocycles. The third-order valence-corrected chi connectivity index (χ3v) is 0. The molecular weight excluding hydrogens is 159 g/mol. The second-order valence-electron chi connectivity index (χ2n) is 0.192. The van der Waals surface area contributed by atoms with Gasteiger partial charge in [-0.15, -0.1) is 0 Å². The van der Waals surface area contributed by atoms with Crippen molar-refractivity contribution in [2.75, 3.05) is 0 Å². The summed E-state index contributed by atoms with van der Waals surface area (Å²) in [4.78, 5) is 0. The van der Waals surface area contributed by atoms with Crippen LogP contribution in [0.4, 0.5) is 0 Å². The quantitative estimate of drug-likeness (QED) is 0.316. The molecule has 0 N–H and O–H groups in total. The summed E-state index contributed by atoms with van der Waals surface area (Å²) < 4.78 is 0.417. The molecule has 0 fully saturated rings. The van der Waals surface area contributed by atoms with Crippen LogP contribution in [-0.2, 0) is 0 Å². The number of hydrogen-bond donors (Lipinski definition) is 0. The van der Waals surface area contributed by atoms with Gasteiger partial charge in [0, 0.05) is 35.3 Å². The number of nitrogens with zero attached hydrogens (tertiary/aromatic N) is 1. The molecule has 5 heteroatoms. The van der Waals surface area contributed by atoms with E-state index in [4.69, 9.17) is 0 Å². The average molecular weight is 159 g/mol. The standard InChI is InChI=1S/Cl3N.K/c1-4(2)3;/q;+1. The average Bonchev–Trinajstić information content (AvgIpc) is 0.811. The fourth-order valence-corrected chi connectivity index (χ4v) is 0. The Balaban J connectivity index is 0. The van der Waals surface area contributed by atoms with Gasteiger partial charge < -0.3 is 0 Å². The molecule has 0 aromatic rings. The van der Waals surface area contributed by atoms with Crippen LogP contribution in [0, 0.1) is 0 Å². The van der Waals surface area contributed by atoms with Gasteiger partial charge in [-0.1, -0.05) is 0 Å². The Morgan fingerprint density at radius 2 is 1.00 bits per heavy atom. The van der Waals surface area contributed by atoms with Crippen molar-refractivity contribution in [3.05, 3.63) is 0 Å². The van der Waals surface area contributed by atoms with Crippen molar-refractivity contribution < 1.29 is 51.4 Å². The SMILES string of the molecule is ClN(Cl)Cl.[K+]. The van der Waals surface area contributed by atoms with Gasteiger partial charge in [0.2, 0.25) is 0 Å². The zero-order valence-electron chi connectivity index (χ0n) is 2.58. The minimum Gasteiger partial charge on any atom is -0.0380 e. The van der Waals surface area contributed by atoms with Crippen LogP contribution in [0.3, 0.4) is 0 Å². The summed E-state index contributed by atoms with van der Waals surface area (Å²) in [6.07, 6.45) is 0. The maximum absolute atomic E-state index is 4.64. The molecule has 0 aliphatic heterocycles. The summed E-state index contributed by atoms with van der Waals surface area (Å²) in [6.45, 7) is 0. The normalized spacial score (nSPS) is 7.20. The van der Waals surface area contributed by atoms with E-state index in [1.807, 2.05) is 0 Å². The summed E-state index contributed by atoms with van der Waals surface area (Å²) in [5.41, 5.74) is 0. The molecule has 26 valence electrons. The Hall–Kier alpha value is 2.47. The summed E-state index contributed by atoms with van der Waals surface area (Å²) in [7, 11) is 0. The van der Waals surface area contributed by atoms with E-state index in [0.717, 1.165) is 0 Å². The zero-order chi connectivity index (χ0) is 3.58. The van der Waals surface area contributed by atoms with Crippen molar-refractivity contribution in [1.29, 1.82) is 0 Å². The van der Waals surface area contributed by atoms with Crippen LogP contribution in [-0.4, -0.2) is 3.46 Å². The molecule has 0 unspecified atom stereocenters. The monoisotopic (exact) mass is 158 g/mol. The van der Waals surface area contributed by atoms with Crippen LogP contribution in [0.25, 0.3) is 0 Å². The third-order valence-electron chi connectivity index (χ3n) is 0. The van der Waals surface area contributed by atoms with E-state index in [9.17, 15) is 0 Å². The summed E-state index contributed by atoms with van der Waals surface area (Å²) in [5.74, 6) is 0. The molecule has 5 heavy (non-hydrogen) atoms. The van der Waals surface area contributed by atoms with Crippen LogP contribution >= 0.6 is 35.3 Å². The van der Waals surface area contributed by atoms with E-state index in [1.165, 1.54) is 0 Å². The molecule has 0 heterocycles. The van der Waals surface area contributed by atoms with Gasteiger partial charge in [0.15, 0.2) is 0 Å². The van der Waals surface area contributed by atoms with E-state index in [0.29, 0.717) is 3.46 Å². The molecule has 0 rings (SSSR count). The summed E-state index contributed by atoms with van der Waals surface area (Å²) in [5, 5.41) is 0. The Morgan fingerprint density at radius 1 is 1.00 bits per heavy atom. The molecule has 0 bridgehead atoms. The van der Waals surface area contributed by atoms with Gasteiger partial charge in [0.1, 0.15) is 0 Å². The second kappa shape index (κ2) is 6.47. The molecule has 0 aromatic heterocycles. The maximum atomic E-state index is 4.64. The van der Waals surface area contributed by atoms with Gasteiger partial charge in [0.25, 0.3) is 0 Å². The first kappa shape index (κ1) is 10.4. The molecule has 0 atom stereocenters. The smallest absolute Gasteiger partial charge is 0.0380 e. The van der Waals surface area contributed by atoms with Gasteiger partial charge in [-0.05, 0) is 3.46 Å². The van der Waals surface area contributed by atoms with Crippen molar-refractivity contribution in [3.63, 3.8) is 0 Å². The van der Waals surface area contributed by atoms with E-state index in [2.05, 4.69) is 35.3 Å². The fraction of sp³-hybridized carbons (Fsp3) is 0. The van der Waals surface area contributed by atoms with Gasteiger partial charge in [-0.25, -0.2) is 0 Å². The van der Waals surface area contributed by atoms with E-state index in [1.54, 1.807) is 0 Å². The molecule has 0 aliphatic rings. The first-order valence-electron chi connectivity index (χ1n) is 0.507. The molecule has 0 radical (unpaired) electrons. The van der Waals surface area contributed by atoms with E-state index in [-0.39, 0.29) is 51.4 Å². The number of halogens is 3. The van der Waals surface area contributed by atoms with Crippen molar-refractivity contribution >= 4 is 35.3 Å². The Labute approximate surface area is 88.3 Å². The van der Waals surface area contributed by atoms with Gasteiger partial charge in [-0.2, -0.15) is 0 Å². The van der Waals surface area contributed by atoms with Crippen LogP contribution in [0.5, 0.6) is 0 Å². The maximum Gasteiger partial charge on any atom is 1.00 e. The van der Waals surface area contributed by atoms with Gasteiger partial charge >= 0.3 is 51.4 Å². The van der Waals surface area contributed by atoms with Crippen molar-refractivity contribution in [3.8, 4) is 0 Å². The van der Waals surface area contributed by atoms with Gasteiger partial charge in [-0.3, -0.25) is 0 Å². The molecule has 0 saturated carbocycles. The van der Waals surface area contributed by atoms with Crippen LogP contribution in [0.15, 0.2) is 0 Å². The Kier molecular flexibility index (Phi) is 13.5. The number of rotatable bonds is 0. The van der Waals surface area contributed by atoms with Crippen molar-refractivity contribution in [1.82, 2.24) is 3.46 Å². The van der Waals surface area contributed by atoms with E-state index >= 15 is 0 Å². The largest absolute Gasteiger partial charge is 1.00 e. The molecule has 1 nitrogen and oxygen atoms in total. The summed E-state index contributed by atoms with van der Waals surface area (Å²) >= 11 is 13.9. The molecule has 0 saturated heterocycles. The number of hydrogen-bond acceptors (Lipinski definition) is 1. The van der Waals surface area contributed by atoms with Crippen molar-refractivity contribution in [2.24, 2.45) is 0 Å². The second-order valence-corrected chi connectivity index (χ2v) is 1.72. The predicted molar refractivity (Wildman–Crippen MR) is 19.4 cm³/mol. The van der Waals surface area contributed by atoms with Crippen LogP contribution in [0.1, 0.15) is 0 Å². The van der Waals surface area contributed by atoms with Gasteiger partial charge in [0.05, 0.1) is 0 Å². The third kappa shape index (κ3) is 21.2. The van der Waals surface area contributed by atoms with Crippen molar-refractivity contribution in [2.45, 2.75) is 0 Å². The fourth-order valence-electron chi connectivity index (χ4n) is 0. The topological polar surface area (TPSA) is 3.24 Å². The van der Waals surface area contributed by atoms with E-state index < -0.39 is 0 Å². The Bertz CT molecular complexity index is 11.6. The van der Waals surface area contributed by atoms with Crippen LogP contribution in [0.2, 0.25) is 0 Å². The molecule has 0 amide bonds. The molecule has 0 aromatic carbocycles. The first-order chi connectivity index (χ1) is 1.73. The first-order valence-corrected chi connectivity index (χ1v) is 1.52. The zero-order valence-corrected chi connectivity index (χ0v) is 7.97. The molecule has 0 spiro atoms. The minimum absolute atomic E-state index is 0. The minimum atomic E-state index is 0. The predicted octanol–water partition coefficient (Wildman–Crippen LogP) is -1.25. The molecular formula is Cl3KN+. The Morgan fingerprint density at radius 3 is 1.00 bits per heavy atom. The summed E-state index contributed by atoms with van der Waals surface area (Å²) in [6, 6.07) is 0. The van der Waals surface area contributed by atoms with Crippen LogP contribution < -0.4 is 51.4 Å².